The maximum atomic E-state index is 6.28. The highest BCUT2D eigenvalue weighted by atomic mass is 35.5. The zero-order valence-corrected chi connectivity index (χ0v) is 17.9. The number of aromatic nitrogens is 3. The minimum absolute atomic E-state index is 0.166. The van der Waals surface area contributed by atoms with Gasteiger partial charge >= 0.3 is 0 Å². The summed E-state index contributed by atoms with van der Waals surface area (Å²) in [5.41, 5.74) is 6.04. The molecule has 3 aromatic carbocycles. The topological polar surface area (TPSA) is 51.8 Å². The van der Waals surface area contributed by atoms with Gasteiger partial charge in [-0.3, -0.25) is 0 Å². The number of allylic oxidation sites excluding steroid dienone is 1. The third-order valence-electron chi connectivity index (χ3n) is 5.74. The lowest BCUT2D eigenvalue weighted by Gasteiger charge is -2.06. The van der Waals surface area contributed by atoms with E-state index in [-0.39, 0.29) is 5.28 Å². The van der Waals surface area contributed by atoms with Crippen LogP contribution in [0.15, 0.2) is 83.3 Å². The van der Waals surface area contributed by atoms with Crippen LogP contribution in [0.4, 0.5) is 0 Å². The molecule has 0 fully saturated rings. The third kappa shape index (κ3) is 3.39. The molecule has 4 nitrogen and oxygen atoms in total. The lowest BCUT2D eigenvalue weighted by atomic mass is 10.0. The number of rotatable bonds is 3. The van der Waals surface area contributed by atoms with Crippen LogP contribution in [0.1, 0.15) is 17.7 Å². The van der Waals surface area contributed by atoms with Gasteiger partial charge in [-0.2, -0.15) is 9.97 Å². The van der Waals surface area contributed by atoms with Crippen molar-refractivity contribution in [3.05, 3.63) is 95.5 Å². The summed E-state index contributed by atoms with van der Waals surface area (Å²) >= 11 is 6.28. The van der Waals surface area contributed by atoms with Gasteiger partial charge in [0.25, 0.3) is 0 Å². The normalized spacial score (nSPS) is 12.8. The molecule has 0 radical (unpaired) electrons. The predicted octanol–water partition coefficient (Wildman–Crippen LogP) is 7.23. The van der Waals surface area contributed by atoms with Crippen LogP contribution in [0.2, 0.25) is 5.28 Å². The molecule has 0 saturated carbocycles. The number of benzene rings is 3. The van der Waals surface area contributed by atoms with E-state index in [2.05, 4.69) is 52.5 Å². The molecule has 0 unspecified atom stereocenters. The Balaban J connectivity index is 1.38. The van der Waals surface area contributed by atoms with E-state index in [4.69, 9.17) is 21.0 Å². The summed E-state index contributed by atoms with van der Waals surface area (Å²) in [4.78, 5) is 13.4. The summed E-state index contributed by atoms with van der Waals surface area (Å²) in [7, 11) is 0. The van der Waals surface area contributed by atoms with E-state index in [1.54, 1.807) is 0 Å². The molecule has 2 aromatic heterocycles. The second kappa shape index (κ2) is 7.74. The lowest BCUT2D eigenvalue weighted by molar-refractivity contribution is 0.546. The van der Waals surface area contributed by atoms with Crippen LogP contribution in [0, 0.1) is 0 Å². The van der Waals surface area contributed by atoms with Gasteiger partial charge in [-0.1, -0.05) is 72.8 Å². The lowest BCUT2D eigenvalue weighted by Crippen LogP contribution is -1.97. The summed E-state index contributed by atoms with van der Waals surface area (Å²) in [6.45, 7) is 0. The van der Waals surface area contributed by atoms with Crippen LogP contribution in [-0.4, -0.2) is 15.0 Å². The van der Waals surface area contributed by atoms with Crippen molar-refractivity contribution < 1.29 is 4.42 Å². The Kier molecular flexibility index (Phi) is 4.58. The first-order valence-corrected chi connectivity index (χ1v) is 10.9. The van der Waals surface area contributed by atoms with Gasteiger partial charge in [0.2, 0.25) is 5.28 Å². The Labute approximate surface area is 190 Å². The second-order valence-corrected chi connectivity index (χ2v) is 8.12. The number of aryl methyl sites for hydroxylation is 1. The van der Waals surface area contributed by atoms with E-state index < -0.39 is 0 Å². The number of halogens is 1. The summed E-state index contributed by atoms with van der Waals surface area (Å²) in [5, 5.41) is 1.27. The zero-order chi connectivity index (χ0) is 21.5. The van der Waals surface area contributed by atoms with Crippen molar-refractivity contribution in [1.82, 2.24) is 15.0 Å². The van der Waals surface area contributed by atoms with E-state index in [1.807, 2.05) is 42.5 Å². The standard InChI is InChI=1S/C27H18ClN3O/c28-27-30-25(19-12-10-18(11-13-19)17-6-2-1-3-7-17)29-26(31-27)20-14-15-22-21-8-4-5-9-23(21)32-24(22)16-20/h1-4,6-8,10-16H,5,9H2. The minimum Gasteiger partial charge on any atom is -0.460 e. The van der Waals surface area contributed by atoms with Crippen LogP contribution in [0.25, 0.3) is 50.9 Å². The van der Waals surface area contributed by atoms with Crippen molar-refractivity contribution >= 4 is 28.6 Å². The van der Waals surface area contributed by atoms with Crippen molar-refractivity contribution in [3.8, 4) is 33.9 Å². The Morgan fingerprint density at radius 2 is 1.41 bits per heavy atom. The molecule has 32 heavy (non-hydrogen) atoms. The van der Waals surface area contributed by atoms with Gasteiger partial charge in [0, 0.05) is 28.5 Å². The van der Waals surface area contributed by atoms with E-state index in [0.29, 0.717) is 11.6 Å². The first kappa shape index (κ1) is 19.0. The summed E-state index contributed by atoms with van der Waals surface area (Å²) < 4.78 is 6.10. The molecule has 0 saturated heterocycles. The molecule has 0 aliphatic heterocycles. The number of furan rings is 1. The van der Waals surface area contributed by atoms with Crippen molar-refractivity contribution in [1.29, 1.82) is 0 Å². The number of hydrogen-bond donors (Lipinski definition) is 0. The molecular formula is C27H18ClN3O. The predicted molar refractivity (Wildman–Crippen MR) is 128 cm³/mol. The Morgan fingerprint density at radius 1 is 0.719 bits per heavy atom. The molecule has 0 bridgehead atoms. The molecule has 0 amide bonds. The molecule has 1 aliphatic carbocycles. The molecule has 0 atom stereocenters. The zero-order valence-electron chi connectivity index (χ0n) is 17.1. The molecule has 154 valence electrons. The molecule has 0 spiro atoms. The van der Waals surface area contributed by atoms with Crippen molar-refractivity contribution in [3.63, 3.8) is 0 Å². The molecule has 0 N–H and O–H groups in total. The maximum Gasteiger partial charge on any atom is 0.226 e. The second-order valence-electron chi connectivity index (χ2n) is 7.79. The van der Waals surface area contributed by atoms with Crippen LogP contribution < -0.4 is 0 Å². The fourth-order valence-corrected chi connectivity index (χ4v) is 4.30. The Morgan fingerprint density at radius 3 is 2.22 bits per heavy atom. The smallest absolute Gasteiger partial charge is 0.226 e. The quantitative estimate of drug-likeness (QED) is 0.300. The average Bonchev–Trinajstić information content (AvgIpc) is 3.22. The van der Waals surface area contributed by atoms with E-state index in [1.165, 1.54) is 5.56 Å². The highest BCUT2D eigenvalue weighted by molar-refractivity contribution is 6.28. The van der Waals surface area contributed by atoms with Crippen LogP contribution in [0.5, 0.6) is 0 Å². The molecule has 5 heteroatoms. The third-order valence-corrected chi connectivity index (χ3v) is 5.91. The van der Waals surface area contributed by atoms with Gasteiger partial charge in [0.15, 0.2) is 11.6 Å². The number of fused-ring (bicyclic) bond motifs is 3. The fourth-order valence-electron chi connectivity index (χ4n) is 4.14. The molecular weight excluding hydrogens is 418 g/mol. The molecule has 6 rings (SSSR count). The van der Waals surface area contributed by atoms with Crippen LogP contribution in [0.3, 0.4) is 0 Å². The molecule has 1 aliphatic rings. The SMILES string of the molecule is Clc1nc(-c2ccc(-c3ccccc3)cc2)nc(-c2ccc3c4c(oc3c2)CCC=C4)n1. The highest BCUT2D eigenvalue weighted by Crippen LogP contribution is 2.33. The van der Waals surface area contributed by atoms with Gasteiger partial charge in [-0.05, 0) is 41.3 Å². The number of hydrogen-bond acceptors (Lipinski definition) is 4. The maximum absolute atomic E-state index is 6.28. The van der Waals surface area contributed by atoms with E-state index >= 15 is 0 Å². The molecule has 2 heterocycles. The largest absolute Gasteiger partial charge is 0.460 e. The summed E-state index contributed by atoms with van der Waals surface area (Å²) in [6.07, 6.45) is 6.26. The average molecular weight is 436 g/mol. The minimum atomic E-state index is 0.166. The van der Waals surface area contributed by atoms with Crippen molar-refractivity contribution in [2.75, 3.05) is 0 Å². The van der Waals surface area contributed by atoms with Gasteiger partial charge in [-0.25, -0.2) is 4.98 Å². The Hall–Kier alpha value is -3.76. The highest BCUT2D eigenvalue weighted by Gasteiger charge is 2.16. The van der Waals surface area contributed by atoms with Gasteiger partial charge < -0.3 is 4.42 Å². The van der Waals surface area contributed by atoms with Crippen LogP contribution >= 0.6 is 11.6 Å². The van der Waals surface area contributed by atoms with Crippen molar-refractivity contribution in [2.45, 2.75) is 12.8 Å². The monoisotopic (exact) mass is 435 g/mol. The first-order chi connectivity index (χ1) is 15.7. The summed E-state index contributed by atoms with van der Waals surface area (Å²) in [6, 6.07) is 24.5. The van der Waals surface area contributed by atoms with E-state index in [9.17, 15) is 0 Å². The first-order valence-electron chi connectivity index (χ1n) is 10.5. The van der Waals surface area contributed by atoms with Crippen molar-refractivity contribution in [2.24, 2.45) is 0 Å². The van der Waals surface area contributed by atoms with Gasteiger partial charge in [-0.15, -0.1) is 0 Å². The van der Waals surface area contributed by atoms with Crippen LogP contribution in [-0.2, 0) is 6.42 Å². The van der Waals surface area contributed by atoms with Gasteiger partial charge in [0.05, 0.1) is 0 Å². The molecule has 5 aromatic rings. The van der Waals surface area contributed by atoms with E-state index in [0.717, 1.165) is 51.8 Å². The number of nitrogens with zero attached hydrogens (tertiary/aromatic N) is 3. The summed E-state index contributed by atoms with van der Waals surface area (Å²) in [5.74, 6) is 2.10. The van der Waals surface area contributed by atoms with Gasteiger partial charge in [0.1, 0.15) is 11.3 Å². The fraction of sp³-hybridized carbons (Fsp3) is 0.0741. The Bertz CT molecular complexity index is 1470.